The first-order chi connectivity index (χ1) is 9.45. The quantitative estimate of drug-likeness (QED) is 0.757. The number of hydrogen-bond acceptors (Lipinski definition) is 6. The summed E-state index contributed by atoms with van der Waals surface area (Å²) in [6, 6.07) is 0.265. The van der Waals surface area contributed by atoms with Crippen LogP contribution in [-0.4, -0.2) is 48.2 Å². The molecule has 1 heterocycles. The van der Waals surface area contributed by atoms with E-state index in [1.165, 1.54) is 6.33 Å². The van der Waals surface area contributed by atoms with Crippen molar-refractivity contribution in [1.82, 2.24) is 14.9 Å². The van der Waals surface area contributed by atoms with Gasteiger partial charge in [0, 0.05) is 12.6 Å². The van der Waals surface area contributed by atoms with Gasteiger partial charge in [0.15, 0.2) is 5.82 Å². The number of nitrogens with one attached hydrogen (secondary N) is 1. The lowest BCUT2D eigenvalue weighted by Crippen LogP contribution is -2.37. The molecule has 0 bridgehead atoms. The van der Waals surface area contributed by atoms with Gasteiger partial charge in [0.1, 0.15) is 12.0 Å². The molecule has 0 fully saturated rings. The SMILES string of the molecule is CCCOc1ncnc(NC(CN(C)C)C(C)C)c1N. The van der Waals surface area contributed by atoms with Crippen molar-refractivity contribution in [3.63, 3.8) is 0 Å². The van der Waals surface area contributed by atoms with E-state index in [1.807, 2.05) is 6.92 Å². The van der Waals surface area contributed by atoms with Crippen molar-refractivity contribution in [2.24, 2.45) is 5.92 Å². The molecule has 114 valence electrons. The van der Waals surface area contributed by atoms with Crippen LogP contribution in [0.15, 0.2) is 6.33 Å². The van der Waals surface area contributed by atoms with Gasteiger partial charge in [-0.2, -0.15) is 4.98 Å². The van der Waals surface area contributed by atoms with Gasteiger partial charge in [0.25, 0.3) is 0 Å². The van der Waals surface area contributed by atoms with E-state index >= 15 is 0 Å². The van der Waals surface area contributed by atoms with Gasteiger partial charge in [0.2, 0.25) is 5.88 Å². The van der Waals surface area contributed by atoms with Crippen molar-refractivity contribution >= 4 is 11.5 Å². The molecule has 0 spiro atoms. The maximum atomic E-state index is 6.08. The van der Waals surface area contributed by atoms with Crippen LogP contribution in [-0.2, 0) is 0 Å². The number of nitrogens with two attached hydrogens (primary N) is 1. The number of hydrogen-bond donors (Lipinski definition) is 2. The van der Waals surface area contributed by atoms with Crippen molar-refractivity contribution in [1.29, 1.82) is 0 Å². The summed E-state index contributed by atoms with van der Waals surface area (Å²) in [6.45, 7) is 7.90. The Bertz CT molecular complexity index is 409. The summed E-state index contributed by atoms with van der Waals surface area (Å²) in [7, 11) is 4.10. The van der Waals surface area contributed by atoms with Gasteiger partial charge in [-0.3, -0.25) is 0 Å². The first-order valence-electron chi connectivity index (χ1n) is 7.10. The van der Waals surface area contributed by atoms with Gasteiger partial charge >= 0.3 is 0 Å². The number of nitrogens with zero attached hydrogens (tertiary/aromatic N) is 3. The van der Waals surface area contributed by atoms with E-state index in [-0.39, 0.29) is 6.04 Å². The molecule has 6 heteroatoms. The summed E-state index contributed by atoms with van der Waals surface area (Å²) >= 11 is 0. The van der Waals surface area contributed by atoms with E-state index in [1.54, 1.807) is 0 Å². The number of aromatic nitrogens is 2. The molecule has 0 aromatic carbocycles. The second-order valence-corrected chi connectivity index (χ2v) is 5.55. The van der Waals surface area contributed by atoms with Crippen LogP contribution < -0.4 is 15.8 Å². The molecule has 3 N–H and O–H groups in total. The van der Waals surface area contributed by atoms with Gasteiger partial charge in [-0.25, -0.2) is 4.98 Å². The van der Waals surface area contributed by atoms with E-state index in [4.69, 9.17) is 10.5 Å². The van der Waals surface area contributed by atoms with E-state index in [2.05, 4.69) is 48.1 Å². The summed E-state index contributed by atoms with van der Waals surface area (Å²) < 4.78 is 5.52. The average molecular weight is 281 g/mol. The Morgan fingerprint density at radius 1 is 1.35 bits per heavy atom. The lowest BCUT2D eigenvalue weighted by molar-refractivity contribution is 0.306. The van der Waals surface area contributed by atoms with E-state index in [0.717, 1.165) is 13.0 Å². The Hall–Kier alpha value is -1.56. The van der Waals surface area contributed by atoms with Crippen LogP contribution in [0.2, 0.25) is 0 Å². The minimum absolute atomic E-state index is 0.265. The maximum absolute atomic E-state index is 6.08. The lowest BCUT2D eigenvalue weighted by atomic mass is 10.0. The van der Waals surface area contributed by atoms with E-state index < -0.39 is 0 Å². The third-order valence-electron chi connectivity index (χ3n) is 2.98. The zero-order valence-electron chi connectivity index (χ0n) is 13.2. The largest absolute Gasteiger partial charge is 0.476 e. The van der Waals surface area contributed by atoms with Crippen LogP contribution in [0.3, 0.4) is 0 Å². The smallest absolute Gasteiger partial charge is 0.242 e. The van der Waals surface area contributed by atoms with Crippen molar-refractivity contribution in [3.8, 4) is 5.88 Å². The van der Waals surface area contributed by atoms with Gasteiger partial charge in [-0.1, -0.05) is 20.8 Å². The normalized spacial score (nSPS) is 12.8. The highest BCUT2D eigenvalue weighted by molar-refractivity contribution is 5.66. The average Bonchev–Trinajstić information content (AvgIpc) is 2.38. The minimum Gasteiger partial charge on any atom is -0.476 e. The second-order valence-electron chi connectivity index (χ2n) is 5.55. The molecule has 1 unspecified atom stereocenters. The molecule has 0 aliphatic carbocycles. The highest BCUT2D eigenvalue weighted by Gasteiger charge is 2.17. The van der Waals surface area contributed by atoms with Gasteiger partial charge in [0.05, 0.1) is 6.61 Å². The highest BCUT2D eigenvalue weighted by Crippen LogP contribution is 2.26. The van der Waals surface area contributed by atoms with Crippen LogP contribution in [0.4, 0.5) is 11.5 Å². The molecular formula is C14H27N5O. The summed E-state index contributed by atoms with van der Waals surface area (Å²) in [5.74, 6) is 1.56. The molecule has 0 saturated heterocycles. The number of rotatable bonds is 8. The van der Waals surface area contributed by atoms with Gasteiger partial charge in [-0.05, 0) is 26.4 Å². The third kappa shape index (κ3) is 4.85. The number of anilines is 2. The molecule has 0 amide bonds. The van der Waals surface area contributed by atoms with Crippen molar-refractivity contribution in [2.45, 2.75) is 33.2 Å². The Kier molecular flexibility index (Phi) is 6.51. The fourth-order valence-corrected chi connectivity index (χ4v) is 1.80. The lowest BCUT2D eigenvalue weighted by Gasteiger charge is -2.26. The second kappa shape index (κ2) is 7.89. The zero-order valence-corrected chi connectivity index (χ0v) is 13.2. The molecule has 1 aromatic rings. The number of ether oxygens (including phenoxy) is 1. The Balaban J connectivity index is 2.84. The topological polar surface area (TPSA) is 76.3 Å². The van der Waals surface area contributed by atoms with Crippen molar-refractivity contribution in [2.75, 3.05) is 38.3 Å². The van der Waals surface area contributed by atoms with Crippen LogP contribution in [0.25, 0.3) is 0 Å². The Morgan fingerprint density at radius 2 is 2.05 bits per heavy atom. The molecule has 1 rings (SSSR count). The molecule has 1 aromatic heterocycles. The summed E-state index contributed by atoms with van der Waals surface area (Å²) in [4.78, 5) is 10.5. The summed E-state index contributed by atoms with van der Waals surface area (Å²) in [5.41, 5.74) is 6.55. The predicted molar refractivity (Wildman–Crippen MR) is 83.0 cm³/mol. The van der Waals surface area contributed by atoms with Gasteiger partial charge in [-0.15, -0.1) is 0 Å². The maximum Gasteiger partial charge on any atom is 0.242 e. The molecule has 20 heavy (non-hydrogen) atoms. The van der Waals surface area contributed by atoms with Gasteiger partial charge < -0.3 is 20.7 Å². The molecule has 1 atom stereocenters. The third-order valence-corrected chi connectivity index (χ3v) is 2.98. The zero-order chi connectivity index (χ0) is 15.1. The molecule has 0 aliphatic rings. The van der Waals surface area contributed by atoms with E-state index in [0.29, 0.717) is 29.9 Å². The highest BCUT2D eigenvalue weighted by atomic mass is 16.5. The van der Waals surface area contributed by atoms with Crippen LogP contribution in [0.5, 0.6) is 5.88 Å². The fraction of sp³-hybridized carbons (Fsp3) is 0.714. The predicted octanol–water partition coefficient (Wildman–Crippen LogP) is 1.85. The Labute approximate surface area is 121 Å². The van der Waals surface area contributed by atoms with Crippen LogP contribution >= 0.6 is 0 Å². The summed E-state index contributed by atoms with van der Waals surface area (Å²) in [6.07, 6.45) is 2.40. The van der Waals surface area contributed by atoms with Crippen LogP contribution in [0, 0.1) is 5.92 Å². The fourth-order valence-electron chi connectivity index (χ4n) is 1.80. The first kappa shape index (κ1) is 16.5. The molecule has 0 aliphatic heterocycles. The number of nitrogen functional groups attached to an aromatic ring is 1. The van der Waals surface area contributed by atoms with E-state index in [9.17, 15) is 0 Å². The van der Waals surface area contributed by atoms with Crippen molar-refractivity contribution in [3.05, 3.63) is 6.33 Å². The monoisotopic (exact) mass is 281 g/mol. The number of likely N-dealkylation sites (N-methyl/N-ethyl adjacent to an activating group) is 1. The minimum atomic E-state index is 0.265. The molecular weight excluding hydrogens is 254 g/mol. The standard InChI is InChI=1S/C14H27N5O/c1-6-7-20-14-12(15)13(16-9-17-14)18-11(10(2)3)8-19(4)5/h9-11H,6-8,15H2,1-5H3,(H,16,17,18). The Morgan fingerprint density at radius 3 is 2.60 bits per heavy atom. The molecule has 6 nitrogen and oxygen atoms in total. The van der Waals surface area contributed by atoms with Crippen molar-refractivity contribution < 1.29 is 4.74 Å². The first-order valence-corrected chi connectivity index (χ1v) is 7.10. The van der Waals surface area contributed by atoms with Crippen LogP contribution in [0.1, 0.15) is 27.2 Å². The molecule has 0 radical (unpaired) electrons. The summed E-state index contributed by atoms with van der Waals surface area (Å²) in [5, 5.41) is 3.40. The molecule has 0 saturated carbocycles.